The van der Waals surface area contributed by atoms with Crippen molar-refractivity contribution < 1.29 is 13.5 Å². The lowest BCUT2D eigenvalue weighted by molar-refractivity contribution is -0.0504. The minimum absolute atomic E-state index is 0.0950. The molecule has 0 saturated carbocycles. The highest BCUT2D eigenvalue weighted by Crippen LogP contribution is 2.33. The van der Waals surface area contributed by atoms with E-state index in [9.17, 15) is 8.78 Å². The Morgan fingerprint density at radius 3 is 2.50 bits per heavy atom. The van der Waals surface area contributed by atoms with Crippen molar-refractivity contribution in [2.24, 2.45) is 5.73 Å². The van der Waals surface area contributed by atoms with Crippen molar-refractivity contribution in [3.8, 4) is 5.75 Å². The second-order valence-electron chi connectivity index (χ2n) is 2.42. The van der Waals surface area contributed by atoms with E-state index >= 15 is 0 Å². The Labute approximate surface area is 96.7 Å². The summed E-state index contributed by atoms with van der Waals surface area (Å²) in [5.74, 6) is 0.0950. The first-order chi connectivity index (χ1) is 6.56. The normalized spacial score (nSPS) is 10.7. The van der Waals surface area contributed by atoms with Crippen LogP contribution < -0.4 is 10.5 Å². The third kappa shape index (κ3) is 2.65. The van der Waals surface area contributed by atoms with Crippen LogP contribution in [0.4, 0.5) is 8.78 Å². The molecule has 0 aromatic heterocycles. The van der Waals surface area contributed by atoms with Gasteiger partial charge in [0.05, 0.1) is 0 Å². The van der Waals surface area contributed by atoms with Gasteiger partial charge in [0.1, 0.15) is 5.75 Å². The zero-order chi connectivity index (χ0) is 10.7. The molecule has 6 heteroatoms. The first-order valence-electron chi connectivity index (χ1n) is 3.68. The number of halogens is 4. The van der Waals surface area contributed by atoms with Crippen LogP contribution in [-0.4, -0.2) is 6.61 Å². The Morgan fingerprint density at radius 2 is 2.00 bits per heavy atom. The highest BCUT2D eigenvalue weighted by atomic mass is 79.9. The van der Waals surface area contributed by atoms with Gasteiger partial charge in [-0.2, -0.15) is 8.78 Å². The van der Waals surface area contributed by atoms with Crippen LogP contribution in [-0.2, 0) is 6.54 Å². The molecule has 0 spiro atoms. The van der Waals surface area contributed by atoms with Crippen molar-refractivity contribution in [1.82, 2.24) is 0 Å². The molecular weight excluding hydrogens is 324 g/mol. The van der Waals surface area contributed by atoms with Crippen LogP contribution >= 0.6 is 31.9 Å². The summed E-state index contributed by atoms with van der Waals surface area (Å²) in [4.78, 5) is 0. The molecule has 0 aliphatic rings. The smallest absolute Gasteiger partial charge is 0.387 e. The Bertz CT molecular complexity index is 333. The fourth-order valence-electron chi connectivity index (χ4n) is 0.972. The summed E-state index contributed by atoms with van der Waals surface area (Å²) in [6.45, 7) is -2.71. The molecule has 0 aliphatic heterocycles. The van der Waals surface area contributed by atoms with Gasteiger partial charge in [0.15, 0.2) is 0 Å². The molecule has 0 aliphatic carbocycles. The van der Waals surface area contributed by atoms with Crippen LogP contribution in [0, 0.1) is 0 Å². The number of alkyl halides is 2. The van der Waals surface area contributed by atoms with E-state index in [2.05, 4.69) is 36.6 Å². The molecule has 2 nitrogen and oxygen atoms in total. The summed E-state index contributed by atoms with van der Waals surface area (Å²) in [7, 11) is 0. The van der Waals surface area contributed by atoms with Crippen molar-refractivity contribution in [3.05, 3.63) is 26.6 Å². The molecule has 0 amide bonds. The number of rotatable bonds is 3. The molecular formula is C8H7Br2F2NO. The Morgan fingerprint density at radius 1 is 1.36 bits per heavy atom. The molecule has 0 saturated heterocycles. The third-order valence-electron chi connectivity index (χ3n) is 1.57. The minimum atomic E-state index is -2.84. The summed E-state index contributed by atoms with van der Waals surface area (Å²) in [5.41, 5.74) is 5.93. The van der Waals surface area contributed by atoms with Gasteiger partial charge in [-0.3, -0.25) is 0 Å². The minimum Gasteiger partial charge on any atom is -0.434 e. The fraction of sp³-hybridized carbons (Fsp3) is 0.250. The maximum absolute atomic E-state index is 12.0. The van der Waals surface area contributed by atoms with Crippen LogP contribution in [0.5, 0.6) is 5.75 Å². The van der Waals surface area contributed by atoms with Gasteiger partial charge < -0.3 is 10.5 Å². The molecule has 2 N–H and O–H groups in total. The third-order valence-corrected chi connectivity index (χ3v) is 3.67. The van der Waals surface area contributed by atoms with E-state index in [1.165, 1.54) is 6.07 Å². The summed E-state index contributed by atoms with van der Waals surface area (Å²) in [5, 5.41) is 0. The quantitative estimate of drug-likeness (QED) is 0.923. The number of nitrogens with two attached hydrogens (primary N) is 1. The van der Waals surface area contributed by atoms with Crippen molar-refractivity contribution in [2.45, 2.75) is 13.2 Å². The second-order valence-corrected chi connectivity index (χ2v) is 4.07. The van der Waals surface area contributed by atoms with E-state index in [1.54, 1.807) is 6.07 Å². The lowest BCUT2D eigenvalue weighted by atomic mass is 10.2. The zero-order valence-corrected chi connectivity index (χ0v) is 10.1. The zero-order valence-electron chi connectivity index (χ0n) is 6.94. The molecule has 0 fully saturated rings. The van der Waals surface area contributed by atoms with E-state index in [0.29, 0.717) is 10.0 Å². The van der Waals surface area contributed by atoms with Gasteiger partial charge in [-0.05, 0) is 44.0 Å². The number of benzene rings is 1. The van der Waals surface area contributed by atoms with Crippen molar-refractivity contribution >= 4 is 31.9 Å². The molecule has 0 bridgehead atoms. The highest BCUT2D eigenvalue weighted by molar-refractivity contribution is 9.13. The summed E-state index contributed by atoms with van der Waals surface area (Å²) in [6.07, 6.45) is 0. The van der Waals surface area contributed by atoms with E-state index in [0.717, 1.165) is 4.47 Å². The predicted molar refractivity (Wildman–Crippen MR) is 56.4 cm³/mol. The highest BCUT2D eigenvalue weighted by Gasteiger charge is 2.13. The molecule has 0 unspecified atom stereocenters. The SMILES string of the molecule is NCc1c(OC(F)F)ccc(Br)c1Br. The van der Waals surface area contributed by atoms with Crippen LogP contribution in [0.15, 0.2) is 21.1 Å². The molecule has 1 rings (SSSR count). The largest absolute Gasteiger partial charge is 0.434 e. The van der Waals surface area contributed by atoms with Gasteiger partial charge in [-0.15, -0.1) is 0 Å². The lowest BCUT2D eigenvalue weighted by Crippen LogP contribution is -2.07. The summed E-state index contributed by atoms with van der Waals surface area (Å²) in [6, 6.07) is 3.06. The lowest BCUT2D eigenvalue weighted by Gasteiger charge is -2.11. The Kier molecular flexibility index (Phi) is 4.28. The average molecular weight is 331 g/mol. The first-order valence-corrected chi connectivity index (χ1v) is 5.26. The number of hydrogen-bond acceptors (Lipinski definition) is 2. The van der Waals surface area contributed by atoms with Crippen LogP contribution in [0.1, 0.15) is 5.56 Å². The topological polar surface area (TPSA) is 35.2 Å². The van der Waals surface area contributed by atoms with Crippen molar-refractivity contribution in [1.29, 1.82) is 0 Å². The summed E-state index contributed by atoms with van der Waals surface area (Å²) >= 11 is 6.47. The van der Waals surface area contributed by atoms with E-state index in [-0.39, 0.29) is 12.3 Å². The van der Waals surface area contributed by atoms with E-state index in [4.69, 9.17) is 5.73 Å². The molecule has 0 radical (unpaired) electrons. The maximum atomic E-state index is 12.0. The monoisotopic (exact) mass is 329 g/mol. The molecule has 0 atom stereocenters. The van der Waals surface area contributed by atoms with E-state index in [1.807, 2.05) is 0 Å². The first kappa shape index (κ1) is 11.9. The Balaban J connectivity index is 3.10. The van der Waals surface area contributed by atoms with Gasteiger partial charge in [-0.25, -0.2) is 0 Å². The van der Waals surface area contributed by atoms with Gasteiger partial charge in [0.2, 0.25) is 0 Å². The maximum Gasteiger partial charge on any atom is 0.387 e. The average Bonchev–Trinajstić information content (AvgIpc) is 2.11. The second kappa shape index (κ2) is 5.04. The molecule has 0 heterocycles. The summed E-state index contributed by atoms with van der Waals surface area (Å²) < 4.78 is 29.7. The predicted octanol–water partition coefficient (Wildman–Crippen LogP) is 3.27. The van der Waals surface area contributed by atoms with E-state index < -0.39 is 6.61 Å². The number of ether oxygens (including phenoxy) is 1. The van der Waals surface area contributed by atoms with Gasteiger partial charge in [0.25, 0.3) is 0 Å². The van der Waals surface area contributed by atoms with Crippen LogP contribution in [0.2, 0.25) is 0 Å². The molecule has 78 valence electrons. The standard InChI is InChI=1S/C8H7Br2F2NO/c9-5-1-2-6(14-8(11)12)4(3-13)7(5)10/h1-2,8H,3,13H2. The van der Waals surface area contributed by atoms with Gasteiger partial charge in [-0.1, -0.05) is 0 Å². The number of hydrogen-bond donors (Lipinski definition) is 1. The van der Waals surface area contributed by atoms with Crippen molar-refractivity contribution in [2.75, 3.05) is 0 Å². The van der Waals surface area contributed by atoms with Crippen molar-refractivity contribution in [3.63, 3.8) is 0 Å². The van der Waals surface area contributed by atoms with Crippen LogP contribution in [0.25, 0.3) is 0 Å². The van der Waals surface area contributed by atoms with Gasteiger partial charge in [0, 0.05) is 21.1 Å². The Hall–Kier alpha value is -0.200. The van der Waals surface area contributed by atoms with Gasteiger partial charge >= 0.3 is 6.61 Å². The fourth-order valence-corrected chi connectivity index (χ4v) is 1.83. The van der Waals surface area contributed by atoms with Crippen LogP contribution in [0.3, 0.4) is 0 Å². The molecule has 14 heavy (non-hydrogen) atoms. The molecule has 1 aromatic carbocycles. The molecule has 1 aromatic rings.